The Morgan fingerprint density at radius 3 is 0.448 bits per heavy atom. The van der Waals surface area contributed by atoms with Crippen molar-refractivity contribution in [2.75, 3.05) is 37.0 Å². The molecule has 0 amide bonds. The molecule has 0 heterocycles. The molecule has 0 bridgehead atoms. The fraction of sp³-hybridized carbons (Fsp3) is 1.00. The SMILES string of the molecule is CCCCCCCCP(=O)([O-])CCCCCCCC.CCCCCCCCP(=O)([O-])CCCCCCCC.CCCCCCCCP(=O)([O-])CCCCCCCC.[Co+3]. The molecule has 0 radical (unpaired) electrons. The van der Waals surface area contributed by atoms with Gasteiger partial charge in [0.1, 0.15) is 0 Å². The first-order valence-electron chi connectivity index (χ1n) is 25.2. The topological polar surface area (TPSA) is 120 Å². The molecule has 0 rings (SSSR count). The van der Waals surface area contributed by atoms with Crippen LogP contribution in [0.2, 0.25) is 0 Å². The molecule has 0 aromatic heterocycles. The van der Waals surface area contributed by atoms with Crippen molar-refractivity contribution in [3.63, 3.8) is 0 Å². The van der Waals surface area contributed by atoms with Gasteiger partial charge in [0.25, 0.3) is 0 Å². The number of unbranched alkanes of at least 4 members (excludes halogenated alkanes) is 30. The summed E-state index contributed by atoms with van der Waals surface area (Å²) in [5.41, 5.74) is 0. The summed E-state index contributed by atoms with van der Waals surface area (Å²) in [6.07, 6.45) is 44.4. The van der Waals surface area contributed by atoms with Crippen molar-refractivity contribution in [1.82, 2.24) is 0 Å². The van der Waals surface area contributed by atoms with Crippen molar-refractivity contribution >= 4 is 22.1 Å². The Bertz CT molecular complexity index is 748. The maximum atomic E-state index is 11.8. The van der Waals surface area contributed by atoms with E-state index in [0.29, 0.717) is 37.0 Å². The molecule has 0 unspecified atom stereocenters. The van der Waals surface area contributed by atoms with Crippen LogP contribution in [-0.4, -0.2) is 37.0 Å². The zero-order valence-corrected chi connectivity index (χ0v) is 43.5. The minimum Gasteiger partial charge on any atom is -0.799 e. The second kappa shape index (κ2) is 50.7. The van der Waals surface area contributed by atoms with Gasteiger partial charge >= 0.3 is 16.8 Å². The van der Waals surface area contributed by atoms with E-state index in [1.165, 1.54) is 154 Å². The third-order valence-electron chi connectivity index (χ3n) is 11.1. The molecular weight excluding hydrogens is 824 g/mol. The Kier molecular flexibility index (Phi) is 57.4. The maximum absolute atomic E-state index is 11.8. The van der Waals surface area contributed by atoms with Crippen LogP contribution in [0.15, 0.2) is 0 Å². The van der Waals surface area contributed by atoms with E-state index < -0.39 is 22.1 Å². The standard InChI is InChI=1S/3C16H35O2P.Co/c3*1-3-5-7-9-11-13-15-19(17,18)16-14-12-10-8-6-4-2;/h3*3-16H2,1-2H3,(H,17,18);/q;;;+3/p-3. The average molecular weight is 927 g/mol. The smallest absolute Gasteiger partial charge is 0.799 e. The second-order valence-electron chi connectivity index (χ2n) is 17.4. The van der Waals surface area contributed by atoms with E-state index in [0.717, 1.165) is 77.0 Å². The van der Waals surface area contributed by atoms with Crippen molar-refractivity contribution in [3.05, 3.63) is 0 Å². The minimum absolute atomic E-state index is 0. The molecular formula is C48H102CoO6P3. The van der Waals surface area contributed by atoms with Crippen LogP contribution in [0.4, 0.5) is 0 Å². The normalized spacial score (nSPS) is 11.7. The van der Waals surface area contributed by atoms with Gasteiger partial charge in [-0.05, 0) is 75.5 Å². The summed E-state index contributed by atoms with van der Waals surface area (Å²) in [6, 6.07) is 0. The summed E-state index contributed by atoms with van der Waals surface area (Å²) >= 11 is 0. The van der Waals surface area contributed by atoms with Gasteiger partial charge in [-0.1, -0.05) is 234 Å². The molecule has 10 heteroatoms. The van der Waals surface area contributed by atoms with Crippen LogP contribution < -0.4 is 14.7 Å². The molecule has 0 fully saturated rings. The van der Waals surface area contributed by atoms with Gasteiger partial charge in [-0.15, -0.1) is 0 Å². The van der Waals surface area contributed by atoms with E-state index in [4.69, 9.17) is 0 Å². The summed E-state index contributed by atoms with van der Waals surface area (Å²) < 4.78 is 35.5. The van der Waals surface area contributed by atoms with Gasteiger partial charge in [0.05, 0.1) is 0 Å². The monoisotopic (exact) mass is 927 g/mol. The average Bonchev–Trinajstić information content (AvgIpc) is 3.17. The second-order valence-corrected chi connectivity index (χ2v) is 25.0. The Labute approximate surface area is 375 Å². The maximum Gasteiger partial charge on any atom is 3.00 e. The molecule has 0 aliphatic carbocycles. The summed E-state index contributed by atoms with van der Waals surface area (Å²) in [6.45, 7) is 13.2. The van der Waals surface area contributed by atoms with Gasteiger partial charge in [-0.25, -0.2) is 0 Å². The molecule has 354 valence electrons. The van der Waals surface area contributed by atoms with Gasteiger partial charge in [0.2, 0.25) is 0 Å². The van der Waals surface area contributed by atoms with Crippen LogP contribution >= 0.6 is 22.1 Å². The summed E-state index contributed by atoms with van der Waals surface area (Å²) in [5.74, 6) is 0. The molecule has 58 heavy (non-hydrogen) atoms. The van der Waals surface area contributed by atoms with E-state index in [1.807, 2.05) is 0 Å². The molecule has 6 nitrogen and oxygen atoms in total. The van der Waals surface area contributed by atoms with Crippen molar-refractivity contribution in [3.8, 4) is 0 Å². The predicted octanol–water partition coefficient (Wildman–Crippen LogP) is 16.0. The Morgan fingerprint density at radius 2 is 0.328 bits per heavy atom. The molecule has 0 aliphatic heterocycles. The predicted molar refractivity (Wildman–Crippen MR) is 252 cm³/mol. The summed E-state index contributed by atoms with van der Waals surface area (Å²) in [5, 5.41) is 0. The van der Waals surface area contributed by atoms with Gasteiger partial charge in [-0.3, -0.25) is 0 Å². The Balaban J connectivity index is -0.000000374. The molecule has 0 aromatic rings. The third kappa shape index (κ3) is 59.2. The van der Waals surface area contributed by atoms with Gasteiger partial charge in [0, 0.05) is 22.1 Å². The summed E-state index contributed by atoms with van der Waals surface area (Å²) in [4.78, 5) is 35.5. The fourth-order valence-electron chi connectivity index (χ4n) is 7.13. The molecule has 0 saturated heterocycles. The third-order valence-corrected chi connectivity index (χ3v) is 17.1. The van der Waals surface area contributed by atoms with E-state index in [9.17, 15) is 28.4 Å². The molecule has 0 atom stereocenters. The van der Waals surface area contributed by atoms with Crippen molar-refractivity contribution in [2.24, 2.45) is 0 Å². The fourth-order valence-corrected chi connectivity index (χ4v) is 12.0. The zero-order chi connectivity index (χ0) is 43.2. The van der Waals surface area contributed by atoms with Gasteiger partial charge in [0.15, 0.2) is 0 Å². The van der Waals surface area contributed by atoms with Crippen LogP contribution in [0.3, 0.4) is 0 Å². The van der Waals surface area contributed by atoms with E-state index in [1.54, 1.807) is 0 Å². The van der Waals surface area contributed by atoms with Gasteiger partial charge in [-0.2, -0.15) is 0 Å². The van der Waals surface area contributed by atoms with E-state index in [2.05, 4.69) is 41.5 Å². The van der Waals surface area contributed by atoms with E-state index in [-0.39, 0.29) is 16.8 Å². The number of hydrogen-bond acceptors (Lipinski definition) is 6. The number of rotatable bonds is 42. The van der Waals surface area contributed by atoms with Crippen LogP contribution in [-0.2, 0) is 30.5 Å². The molecule has 0 aliphatic rings. The van der Waals surface area contributed by atoms with E-state index >= 15 is 0 Å². The first-order valence-corrected chi connectivity index (χ1v) is 31.2. The van der Waals surface area contributed by atoms with Gasteiger partial charge < -0.3 is 28.4 Å². The van der Waals surface area contributed by atoms with Crippen LogP contribution in [0.5, 0.6) is 0 Å². The van der Waals surface area contributed by atoms with Crippen molar-refractivity contribution in [2.45, 2.75) is 273 Å². The van der Waals surface area contributed by atoms with Crippen molar-refractivity contribution < 1.29 is 45.2 Å². The Morgan fingerprint density at radius 1 is 0.224 bits per heavy atom. The van der Waals surface area contributed by atoms with Crippen LogP contribution in [0.25, 0.3) is 0 Å². The minimum atomic E-state index is -3.05. The quantitative estimate of drug-likeness (QED) is 0.0444. The first kappa shape index (κ1) is 65.7. The van der Waals surface area contributed by atoms with Crippen LogP contribution in [0.1, 0.15) is 273 Å². The van der Waals surface area contributed by atoms with Crippen molar-refractivity contribution in [1.29, 1.82) is 0 Å². The largest absolute Gasteiger partial charge is 3.00 e. The molecule has 0 saturated carbocycles. The number of hydrogen-bond donors (Lipinski definition) is 0. The zero-order valence-electron chi connectivity index (χ0n) is 39.8. The molecule has 0 spiro atoms. The Hall–Kier alpha value is 1.08. The summed E-state index contributed by atoms with van der Waals surface area (Å²) in [7, 11) is -9.16. The van der Waals surface area contributed by atoms with Crippen LogP contribution in [0, 0.1) is 0 Å². The molecule has 0 aromatic carbocycles. The molecule has 0 N–H and O–H groups in total. The first-order chi connectivity index (χ1) is 27.4.